The zero-order valence-electron chi connectivity index (χ0n) is 15.3. The van der Waals surface area contributed by atoms with Gasteiger partial charge in [-0.1, -0.05) is 6.07 Å². The van der Waals surface area contributed by atoms with Gasteiger partial charge in [-0.05, 0) is 17.7 Å². The van der Waals surface area contributed by atoms with E-state index in [1.165, 1.54) is 14.1 Å². The predicted molar refractivity (Wildman–Crippen MR) is 93.6 cm³/mol. The molecule has 2 aromatic rings. The van der Waals surface area contributed by atoms with E-state index in [1.807, 2.05) is 0 Å². The molecule has 0 N–H and O–H groups in total. The largest absolute Gasteiger partial charge is 0.416 e. The molecule has 0 aliphatic carbocycles. The Labute approximate surface area is 157 Å². The molecule has 0 spiro atoms. The van der Waals surface area contributed by atoms with Gasteiger partial charge in [-0.3, -0.25) is 14.3 Å². The number of hydrogen-bond donors (Lipinski definition) is 0. The van der Waals surface area contributed by atoms with Crippen LogP contribution in [0.1, 0.15) is 11.1 Å². The van der Waals surface area contributed by atoms with E-state index in [0.717, 1.165) is 21.4 Å². The first-order valence-corrected chi connectivity index (χ1v) is 8.55. The third kappa shape index (κ3) is 3.93. The molecule has 1 fully saturated rings. The van der Waals surface area contributed by atoms with Crippen molar-refractivity contribution < 1.29 is 17.6 Å². The van der Waals surface area contributed by atoms with Gasteiger partial charge in [0.2, 0.25) is 5.82 Å². The molecule has 0 atom stereocenters. The van der Waals surface area contributed by atoms with Crippen LogP contribution in [0.2, 0.25) is 0 Å². The number of hydrogen-bond acceptors (Lipinski definition) is 5. The molecular formula is C17H19F4N5O2. The summed E-state index contributed by atoms with van der Waals surface area (Å²) in [5.41, 5.74) is -2.04. The van der Waals surface area contributed by atoms with Crippen LogP contribution in [-0.2, 0) is 26.8 Å². The van der Waals surface area contributed by atoms with Crippen molar-refractivity contribution in [2.45, 2.75) is 12.7 Å². The first-order chi connectivity index (χ1) is 13.1. The highest BCUT2D eigenvalue weighted by Crippen LogP contribution is 2.33. The van der Waals surface area contributed by atoms with Crippen molar-refractivity contribution in [3.63, 3.8) is 0 Å². The third-order valence-corrected chi connectivity index (χ3v) is 4.75. The van der Waals surface area contributed by atoms with E-state index < -0.39 is 28.8 Å². The average molecular weight is 401 g/mol. The fourth-order valence-electron chi connectivity index (χ4n) is 3.19. The van der Waals surface area contributed by atoms with Crippen molar-refractivity contribution in [1.29, 1.82) is 0 Å². The Hall–Kier alpha value is -2.69. The van der Waals surface area contributed by atoms with Crippen LogP contribution in [0.3, 0.4) is 0 Å². The molecule has 0 unspecified atom stereocenters. The van der Waals surface area contributed by atoms with E-state index >= 15 is 0 Å². The number of aryl methyl sites for hydroxylation is 1. The van der Waals surface area contributed by atoms with Gasteiger partial charge in [0, 0.05) is 46.8 Å². The predicted octanol–water partition coefficient (Wildman–Crippen LogP) is 0.959. The normalized spacial score (nSPS) is 15.9. The minimum Gasteiger partial charge on any atom is -0.348 e. The Morgan fingerprint density at radius 3 is 2.32 bits per heavy atom. The molecule has 0 bridgehead atoms. The van der Waals surface area contributed by atoms with Gasteiger partial charge >= 0.3 is 11.9 Å². The lowest BCUT2D eigenvalue weighted by molar-refractivity contribution is -0.138. The second-order valence-electron chi connectivity index (χ2n) is 6.66. The highest BCUT2D eigenvalue weighted by molar-refractivity contribution is 5.36. The Balaban J connectivity index is 1.74. The number of halogens is 4. The van der Waals surface area contributed by atoms with Crippen LogP contribution >= 0.6 is 0 Å². The number of piperazine rings is 1. The highest BCUT2D eigenvalue weighted by Gasteiger charge is 2.34. The fraction of sp³-hybridized carbons (Fsp3) is 0.471. The van der Waals surface area contributed by atoms with Crippen LogP contribution in [0, 0.1) is 5.82 Å². The average Bonchev–Trinajstić information content (AvgIpc) is 2.64. The third-order valence-electron chi connectivity index (χ3n) is 4.75. The van der Waals surface area contributed by atoms with Gasteiger partial charge in [0.1, 0.15) is 5.82 Å². The maximum Gasteiger partial charge on any atom is 0.416 e. The Bertz CT molecular complexity index is 991. The summed E-state index contributed by atoms with van der Waals surface area (Å²) in [4.78, 5) is 27.5. The first-order valence-electron chi connectivity index (χ1n) is 8.55. The summed E-state index contributed by atoms with van der Waals surface area (Å²) in [5, 5.41) is 4.01. The molecular weight excluding hydrogens is 382 g/mol. The minimum atomic E-state index is -4.63. The zero-order valence-corrected chi connectivity index (χ0v) is 15.3. The zero-order chi connectivity index (χ0) is 20.6. The molecule has 1 aromatic carbocycles. The molecule has 11 heteroatoms. The molecule has 1 saturated heterocycles. The fourth-order valence-corrected chi connectivity index (χ4v) is 3.19. The molecule has 2 heterocycles. The molecule has 1 aliphatic rings. The van der Waals surface area contributed by atoms with Crippen molar-refractivity contribution in [1.82, 2.24) is 19.2 Å². The summed E-state index contributed by atoms with van der Waals surface area (Å²) in [6.45, 7) is 1.53. The summed E-state index contributed by atoms with van der Waals surface area (Å²) in [6.07, 6.45) is -4.63. The molecule has 3 rings (SSSR count). The number of aromatic nitrogens is 3. The summed E-state index contributed by atoms with van der Waals surface area (Å²) in [6, 6.07) is 2.66. The van der Waals surface area contributed by atoms with E-state index in [1.54, 1.807) is 9.80 Å². The van der Waals surface area contributed by atoms with Gasteiger partial charge in [0.05, 0.1) is 5.56 Å². The van der Waals surface area contributed by atoms with E-state index in [-0.39, 0.29) is 17.9 Å². The van der Waals surface area contributed by atoms with Crippen LogP contribution in [0.4, 0.5) is 23.4 Å². The van der Waals surface area contributed by atoms with E-state index in [4.69, 9.17) is 0 Å². The lowest BCUT2D eigenvalue weighted by atomic mass is 10.1. The Morgan fingerprint density at radius 2 is 1.71 bits per heavy atom. The number of alkyl halides is 3. The van der Waals surface area contributed by atoms with Crippen molar-refractivity contribution in [2.24, 2.45) is 14.1 Å². The summed E-state index contributed by atoms with van der Waals surface area (Å²) in [5.74, 6) is -0.806. The van der Waals surface area contributed by atoms with Gasteiger partial charge in [-0.2, -0.15) is 13.2 Å². The second-order valence-corrected chi connectivity index (χ2v) is 6.66. The van der Waals surface area contributed by atoms with Crippen LogP contribution < -0.4 is 16.1 Å². The van der Waals surface area contributed by atoms with Gasteiger partial charge in [0.25, 0.3) is 5.56 Å². The first kappa shape index (κ1) is 20.1. The summed E-state index contributed by atoms with van der Waals surface area (Å²) in [7, 11) is 2.80. The van der Waals surface area contributed by atoms with Crippen molar-refractivity contribution >= 4 is 5.82 Å². The Morgan fingerprint density at radius 1 is 1.07 bits per heavy atom. The second kappa shape index (κ2) is 7.38. The van der Waals surface area contributed by atoms with Crippen molar-refractivity contribution in [2.75, 3.05) is 31.1 Å². The molecule has 0 radical (unpaired) electrons. The maximum absolute atomic E-state index is 13.2. The molecule has 1 aromatic heterocycles. The number of nitrogens with zero attached hydrogens (tertiary/aromatic N) is 5. The van der Waals surface area contributed by atoms with E-state index in [2.05, 4.69) is 5.10 Å². The molecule has 28 heavy (non-hydrogen) atoms. The monoisotopic (exact) mass is 401 g/mol. The van der Waals surface area contributed by atoms with Gasteiger partial charge in [-0.25, -0.2) is 13.9 Å². The van der Waals surface area contributed by atoms with Gasteiger partial charge in [0.15, 0.2) is 0 Å². The van der Waals surface area contributed by atoms with Crippen molar-refractivity contribution in [3.8, 4) is 0 Å². The summed E-state index contributed by atoms with van der Waals surface area (Å²) >= 11 is 0. The molecule has 1 aliphatic heterocycles. The lowest BCUT2D eigenvalue weighted by Gasteiger charge is -2.35. The molecule has 7 nitrogen and oxygen atoms in total. The molecule has 152 valence electrons. The minimum absolute atomic E-state index is 0.00139. The standard InChI is InChI=1S/C17H19F4N5O2/c1-23-15(27)14(22-24(2)16(23)28)26-7-5-25(6-8-26)10-11-3-4-12(18)9-13(11)17(19,20)21/h3-4,9H,5-8,10H2,1-2H3. The molecule has 0 amide bonds. The Kier molecular flexibility index (Phi) is 5.28. The van der Waals surface area contributed by atoms with Crippen LogP contribution in [-0.4, -0.2) is 45.4 Å². The van der Waals surface area contributed by atoms with Crippen LogP contribution in [0.5, 0.6) is 0 Å². The molecule has 0 saturated carbocycles. The van der Waals surface area contributed by atoms with Crippen molar-refractivity contribution in [3.05, 3.63) is 56.0 Å². The SMILES string of the molecule is Cn1nc(N2CCN(Cc3ccc(F)cc3C(F)(F)F)CC2)c(=O)n(C)c1=O. The summed E-state index contributed by atoms with van der Waals surface area (Å²) < 4.78 is 54.7. The van der Waals surface area contributed by atoms with Crippen LogP contribution in [0.15, 0.2) is 27.8 Å². The number of benzene rings is 1. The quantitative estimate of drug-likeness (QED) is 0.717. The lowest BCUT2D eigenvalue weighted by Crippen LogP contribution is -2.50. The van der Waals surface area contributed by atoms with Gasteiger partial charge < -0.3 is 4.90 Å². The smallest absolute Gasteiger partial charge is 0.348 e. The van der Waals surface area contributed by atoms with E-state index in [9.17, 15) is 27.2 Å². The maximum atomic E-state index is 13.2. The van der Waals surface area contributed by atoms with E-state index in [0.29, 0.717) is 32.2 Å². The number of anilines is 1. The highest BCUT2D eigenvalue weighted by atomic mass is 19.4. The van der Waals surface area contributed by atoms with Gasteiger partial charge in [-0.15, -0.1) is 5.10 Å². The number of rotatable bonds is 3. The van der Waals surface area contributed by atoms with Crippen LogP contribution in [0.25, 0.3) is 0 Å². The topological polar surface area (TPSA) is 63.4 Å².